The molecule has 7 nitrogen and oxygen atoms in total. The molecule has 29 heavy (non-hydrogen) atoms. The Kier molecular flexibility index (Phi) is 4.67. The summed E-state index contributed by atoms with van der Waals surface area (Å²) < 4.78 is 21.4. The van der Waals surface area contributed by atoms with Crippen LogP contribution in [-0.2, 0) is 11.3 Å². The van der Waals surface area contributed by atoms with Gasteiger partial charge in [0.15, 0.2) is 0 Å². The molecule has 4 rings (SSSR count). The van der Waals surface area contributed by atoms with Crippen LogP contribution in [-0.4, -0.2) is 22.0 Å². The molecule has 146 valence electrons. The summed E-state index contributed by atoms with van der Waals surface area (Å²) in [6.07, 6.45) is 1.61. The molecule has 8 heteroatoms. The summed E-state index contributed by atoms with van der Waals surface area (Å²) in [5, 5.41) is 0.230. The Morgan fingerprint density at radius 2 is 2.00 bits per heavy atom. The lowest BCUT2D eigenvalue weighted by Gasteiger charge is -2.12. The van der Waals surface area contributed by atoms with Crippen molar-refractivity contribution in [3.05, 3.63) is 82.0 Å². The SMILES string of the molecule is CCOC(=O)c1cc2c(=O)n3ccccc3nc2[n+](Cc2ccc(F)cc2)c1N. The Labute approximate surface area is 164 Å². The Morgan fingerprint density at radius 1 is 1.24 bits per heavy atom. The fourth-order valence-corrected chi connectivity index (χ4v) is 3.21. The molecule has 0 unspecified atom stereocenters. The summed E-state index contributed by atoms with van der Waals surface area (Å²) in [7, 11) is 0. The zero-order valence-electron chi connectivity index (χ0n) is 15.6. The number of nitrogens with zero attached hydrogens (tertiary/aromatic N) is 3. The molecule has 0 atom stereocenters. The second-order valence-electron chi connectivity index (χ2n) is 6.46. The molecule has 0 spiro atoms. The summed E-state index contributed by atoms with van der Waals surface area (Å²) in [4.78, 5) is 30.1. The molecule has 0 saturated carbocycles. The molecule has 0 aliphatic carbocycles. The van der Waals surface area contributed by atoms with E-state index in [2.05, 4.69) is 4.98 Å². The van der Waals surface area contributed by atoms with E-state index >= 15 is 0 Å². The second-order valence-corrected chi connectivity index (χ2v) is 6.46. The van der Waals surface area contributed by atoms with Crippen LogP contribution >= 0.6 is 0 Å². The van der Waals surface area contributed by atoms with Gasteiger partial charge in [0.1, 0.15) is 16.8 Å². The van der Waals surface area contributed by atoms with E-state index in [1.54, 1.807) is 48.0 Å². The first-order chi connectivity index (χ1) is 14.0. The third kappa shape index (κ3) is 3.29. The van der Waals surface area contributed by atoms with Gasteiger partial charge in [-0.2, -0.15) is 0 Å². The minimum absolute atomic E-state index is 0.0799. The molecule has 0 bridgehead atoms. The lowest BCUT2D eigenvalue weighted by atomic mass is 10.1. The molecular weight excluding hydrogens is 375 g/mol. The van der Waals surface area contributed by atoms with Gasteiger partial charge in [0.2, 0.25) is 11.5 Å². The van der Waals surface area contributed by atoms with Crippen LogP contribution in [0.2, 0.25) is 0 Å². The molecule has 0 aliphatic rings. The van der Waals surface area contributed by atoms with Gasteiger partial charge in [0, 0.05) is 6.20 Å². The standard InChI is InChI=1S/C21H17FN4O3/c1-2-29-21(28)15-11-16-19(24-17-5-3-4-10-25(17)20(16)27)26(18(15)23)12-13-6-8-14(22)9-7-13/h3-11,23H,2,12H2,1H3/p+1. The summed E-state index contributed by atoms with van der Waals surface area (Å²) in [5.41, 5.74) is 7.55. The number of rotatable bonds is 4. The van der Waals surface area contributed by atoms with E-state index in [1.165, 1.54) is 22.6 Å². The number of nitrogens with two attached hydrogens (primary N) is 1. The number of carbonyl (C=O) groups is 1. The minimum atomic E-state index is -0.627. The average Bonchev–Trinajstić information content (AvgIpc) is 2.72. The van der Waals surface area contributed by atoms with E-state index in [1.807, 2.05) is 0 Å². The van der Waals surface area contributed by atoms with Crippen molar-refractivity contribution in [2.24, 2.45) is 0 Å². The van der Waals surface area contributed by atoms with Gasteiger partial charge >= 0.3 is 5.97 Å². The van der Waals surface area contributed by atoms with Gasteiger partial charge in [-0.3, -0.25) is 9.20 Å². The summed E-state index contributed by atoms with van der Waals surface area (Å²) in [6, 6.07) is 12.5. The number of benzene rings is 1. The van der Waals surface area contributed by atoms with Crippen LogP contribution in [0.1, 0.15) is 22.8 Å². The summed E-state index contributed by atoms with van der Waals surface area (Å²) in [5.74, 6) is -0.871. The normalized spacial score (nSPS) is 11.1. The van der Waals surface area contributed by atoms with Crippen LogP contribution in [0.3, 0.4) is 0 Å². The number of ether oxygens (including phenoxy) is 1. The van der Waals surface area contributed by atoms with Gasteiger partial charge in [0.05, 0.1) is 13.2 Å². The number of esters is 1. The molecule has 3 aromatic heterocycles. The van der Waals surface area contributed by atoms with Crippen molar-refractivity contribution in [3.63, 3.8) is 0 Å². The van der Waals surface area contributed by atoms with Crippen molar-refractivity contribution < 1.29 is 18.5 Å². The summed E-state index contributed by atoms with van der Waals surface area (Å²) in [6.45, 7) is 2.06. The molecule has 0 saturated heterocycles. The molecule has 0 aliphatic heterocycles. The first-order valence-electron chi connectivity index (χ1n) is 9.04. The van der Waals surface area contributed by atoms with Gasteiger partial charge < -0.3 is 10.5 Å². The van der Waals surface area contributed by atoms with Gasteiger partial charge in [-0.1, -0.05) is 23.2 Å². The quantitative estimate of drug-likeness (QED) is 0.326. The number of aromatic nitrogens is 3. The Morgan fingerprint density at radius 3 is 2.72 bits per heavy atom. The Bertz CT molecular complexity index is 1300. The van der Waals surface area contributed by atoms with Crippen molar-refractivity contribution in [2.45, 2.75) is 13.5 Å². The highest BCUT2D eigenvalue weighted by atomic mass is 19.1. The second kappa shape index (κ2) is 7.31. The first-order valence-corrected chi connectivity index (χ1v) is 9.04. The smallest absolute Gasteiger partial charge is 0.344 e. The fraction of sp³-hybridized carbons (Fsp3) is 0.143. The summed E-state index contributed by atoms with van der Waals surface area (Å²) >= 11 is 0. The highest BCUT2D eigenvalue weighted by Gasteiger charge is 2.25. The molecule has 1 aromatic carbocycles. The molecule has 0 radical (unpaired) electrons. The molecule has 2 N–H and O–H groups in total. The predicted molar refractivity (Wildman–Crippen MR) is 105 cm³/mol. The van der Waals surface area contributed by atoms with E-state index < -0.39 is 5.97 Å². The van der Waals surface area contributed by atoms with Crippen LogP contribution in [0.4, 0.5) is 10.2 Å². The van der Waals surface area contributed by atoms with Crippen molar-refractivity contribution >= 4 is 28.5 Å². The largest absolute Gasteiger partial charge is 0.462 e. The highest BCUT2D eigenvalue weighted by Crippen LogP contribution is 2.16. The fourth-order valence-electron chi connectivity index (χ4n) is 3.21. The highest BCUT2D eigenvalue weighted by molar-refractivity contribution is 5.96. The molecule has 4 aromatic rings. The van der Waals surface area contributed by atoms with Crippen molar-refractivity contribution in [1.29, 1.82) is 0 Å². The van der Waals surface area contributed by atoms with Crippen LogP contribution < -0.4 is 15.9 Å². The number of nitrogen functional groups attached to an aromatic ring is 1. The van der Waals surface area contributed by atoms with E-state index in [0.717, 1.165) is 5.56 Å². The molecular formula is C21H18FN4O3+. The van der Waals surface area contributed by atoms with E-state index in [-0.39, 0.29) is 41.3 Å². The zero-order valence-corrected chi connectivity index (χ0v) is 15.6. The van der Waals surface area contributed by atoms with E-state index in [4.69, 9.17) is 10.5 Å². The predicted octanol–water partition coefficient (Wildman–Crippen LogP) is 2.08. The van der Waals surface area contributed by atoms with E-state index in [9.17, 15) is 14.0 Å². The van der Waals surface area contributed by atoms with E-state index in [0.29, 0.717) is 11.3 Å². The topological polar surface area (TPSA) is 90.6 Å². The van der Waals surface area contributed by atoms with Crippen LogP contribution in [0.15, 0.2) is 59.5 Å². The first kappa shape index (κ1) is 18.5. The lowest BCUT2D eigenvalue weighted by molar-refractivity contribution is -0.649. The number of hydrogen-bond donors (Lipinski definition) is 1. The number of halogens is 1. The van der Waals surface area contributed by atoms with Crippen LogP contribution in [0.5, 0.6) is 0 Å². The lowest BCUT2D eigenvalue weighted by Crippen LogP contribution is -2.42. The van der Waals surface area contributed by atoms with Gasteiger partial charge in [-0.25, -0.2) is 13.8 Å². The van der Waals surface area contributed by atoms with Crippen LogP contribution in [0.25, 0.3) is 16.7 Å². The number of anilines is 1. The maximum atomic E-state index is 13.3. The van der Waals surface area contributed by atoms with Crippen molar-refractivity contribution in [3.8, 4) is 0 Å². The maximum Gasteiger partial charge on any atom is 0.344 e. The van der Waals surface area contributed by atoms with Gasteiger partial charge in [0.25, 0.3) is 11.2 Å². The number of pyridine rings is 2. The third-order valence-corrected chi connectivity index (χ3v) is 4.61. The van der Waals surface area contributed by atoms with Gasteiger partial charge in [-0.15, -0.1) is 0 Å². The maximum absolute atomic E-state index is 13.3. The Balaban J connectivity index is 2.04. The monoisotopic (exact) mass is 393 g/mol. The van der Waals surface area contributed by atoms with Crippen molar-refractivity contribution in [2.75, 3.05) is 12.3 Å². The molecule has 0 fully saturated rings. The van der Waals surface area contributed by atoms with Gasteiger partial charge in [-0.05, 0) is 42.8 Å². The van der Waals surface area contributed by atoms with Crippen LogP contribution in [0, 0.1) is 5.82 Å². The molecule has 0 amide bonds. The van der Waals surface area contributed by atoms with Crippen molar-refractivity contribution in [1.82, 2.24) is 9.38 Å². The average molecular weight is 393 g/mol. The number of fused-ring (bicyclic) bond motifs is 2. The number of carbonyl (C=O) groups excluding carboxylic acids is 1. The zero-order chi connectivity index (χ0) is 20.5. The number of hydrogen-bond acceptors (Lipinski definition) is 5. The molecule has 3 heterocycles. The third-order valence-electron chi connectivity index (χ3n) is 4.61. The minimum Gasteiger partial charge on any atom is -0.462 e. The Hall–Kier alpha value is -3.81.